The van der Waals surface area contributed by atoms with Gasteiger partial charge in [0.2, 0.25) is 0 Å². The third kappa shape index (κ3) is 1.90. The Balaban J connectivity index is 2.43. The number of rotatable bonds is 3. The largest absolute Gasteiger partial charge is 0.326 e. The molecular weight excluding hydrogens is 158 g/mol. The minimum atomic E-state index is 0.00868. The Morgan fingerprint density at radius 2 is 1.46 bits per heavy atom. The van der Waals surface area contributed by atoms with Crippen molar-refractivity contribution >= 4 is 0 Å². The monoisotopic (exact) mass is 183 g/mol. The van der Waals surface area contributed by atoms with E-state index < -0.39 is 0 Å². The van der Waals surface area contributed by atoms with Gasteiger partial charge in [-0.1, -0.05) is 27.7 Å². The molecule has 0 saturated heterocycles. The van der Waals surface area contributed by atoms with Gasteiger partial charge in [-0.25, -0.2) is 0 Å². The maximum Gasteiger partial charge on any atom is 0.00971 e. The van der Waals surface area contributed by atoms with E-state index in [4.69, 9.17) is 5.73 Å². The van der Waals surface area contributed by atoms with Gasteiger partial charge in [0.1, 0.15) is 0 Å². The molecule has 1 heteroatoms. The Kier molecular flexibility index (Phi) is 2.31. The second-order valence-electron chi connectivity index (χ2n) is 6.52. The predicted molar refractivity (Wildman–Crippen MR) is 58.6 cm³/mol. The first kappa shape index (κ1) is 11.0. The summed E-state index contributed by atoms with van der Waals surface area (Å²) in [6.07, 6.45) is 2.42. The van der Waals surface area contributed by atoms with Gasteiger partial charge in [0.25, 0.3) is 0 Å². The van der Waals surface area contributed by atoms with Gasteiger partial charge in [0.05, 0.1) is 0 Å². The van der Waals surface area contributed by atoms with E-state index in [1.807, 2.05) is 0 Å². The van der Waals surface area contributed by atoms with E-state index in [0.717, 1.165) is 12.3 Å². The standard InChI is InChI=1S/C12H25N/c1-10(2,13)8-7-9-11(3,4)12(9,5)6/h9H,7-8,13H2,1-6H3. The third-order valence-electron chi connectivity index (χ3n) is 4.40. The van der Waals surface area contributed by atoms with Crippen LogP contribution in [0.15, 0.2) is 0 Å². The van der Waals surface area contributed by atoms with Gasteiger partial charge >= 0.3 is 0 Å². The lowest BCUT2D eigenvalue weighted by atomic mass is 9.95. The van der Waals surface area contributed by atoms with Crippen molar-refractivity contribution in [1.29, 1.82) is 0 Å². The summed E-state index contributed by atoms with van der Waals surface area (Å²) in [4.78, 5) is 0. The average molecular weight is 183 g/mol. The first-order valence-corrected chi connectivity index (χ1v) is 5.38. The topological polar surface area (TPSA) is 26.0 Å². The molecule has 0 spiro atoms. The van der Waals surface area contributed by atoms with Crippen molar-refractivity contribution in [3.8, 4) is 0 Å². The lowest BCUT2D eigenvalue weighted by molar-refractivity contribution is 0.413. The van der Waals surface area contributed by atoms with Gasteiger partial charge in [-0.2, -0.15) is 0 Å². The molecule has 1 nitrogen and oxygen atoms in total. The fourth-order valence-electron chi connectivity index (χ4n) is 2.57. The molecule has 0 amide bonds. The highest BCUT2D eigenvalue weighted by atomic mass is 14.7. The second-order valence-corrected chi connectivity index (χ2v) is 6.52. The molecule has 0 aromatic heterocycles. The zero-order valence-electron chi connectivity index (χ0n) is 10.1. The van der Waals surface area contributed by atoms with Crippen molar-refractivity contribution < 1.29 is 0 Å². The van der Waals surface area contributed by atoms with Crippen molar-refractivity contribution in [2.75, 3.05) is 0 Å². The summed E-state index contributed by atoms with van der Waals surface area (Å²) in [7, 11) is 0. The Labute approximate surface area is 83.1 Å². The smallest absolute Gasteiger partial charge is 0.00971 e. The van der Waals surface area contributed by atoms with E-state index in [1.54, 1.807) is 0 Å². The van der Waals surface area contributed by atoms with Crippen LogP contribution < -0.4 is 5.73 Å². The molecule has 0 aliphatic heterocycles. The lowest BCUT2D eigenvalue weighted by Crippen LogP contribution is -2.31. The highest BCUT2D eigenvalue weighted by molar-refractivity contribution is 5.12. The lowest BCUT2D eigenvalue weighted by Gasteiger charge is -2.18. The molecule has 1 aliphatic carbocycles. The molecule has 0 heterocycles. The van der Waals surface area contributed by atoms with Gasteiger partial charge in [0.15, 0.2) is 0 Å². The van der Waals surface area contributed by atoms with Gasteiger partial charge in [-0.05, 0) is 43.4 Å². The number of hydrogen-bond acceptors (Lipinski definition) is 1. The van der Waals surface area contributed by atoms with Crippen LogP contribution in [0, 0.1) is 16.7 Å². The van der Waals surface area contributed by atoms with Gasteiger partial charge < -0.3 is 5.73 Å². The molecule has 0 bridgehead atoms. The molecule has 0 aromatic rings. The molecule has 0 aromatic carbocycles. The molecule has 2 N–H and O–H groups in total. The van der Waals surface area contributed by atoms with Gasteiger partial charge in [-0.3, -0.25) is 0 Å². The number of hydrogen-bond donors (Lipinski definition) is 1. The summed E-state index contributed by atoms with van der Waals surface area (Å²) in [5, 5.41) is 0. The first-order chi connectivity index (χ1) is 5.59. The minimum Gasteiger partial charge on any atom is -0.326 e. The maximum atomic E-state index is 5.99. The van der Waals surface area contributed by atoms with Crippen molar-refractivity contribution in [1.82, 2.24) is 0 Å². The van der Waals surface area contributed by atoms with Gasteiger partial charge in [0, 0.05) is 5.54 Å². The van der Waals surface area contributed by atoms with Gasteiger partial charge in [-0.15, -0.1) is 0 Å². The maximum absolute atomic E-state index is 5.99. The zero-order chi connectivity index (χ0) is 10.5. The zero-order valence-corrected chi connectivity index (χ0v) is 10.1. The summed E-state index contributed by atoms with van der Waals surface area (Å²) in [6.45, 7) is 13.7. The van der Waals surface area contributed by atoms with Crippen LogP contribution >= 0.6 is 0 Å². The second kappa shape index (κ2) is 2.73. The van der Waals surface area contributed by atoms with E-state index >= 15 is 0 Å². The molecule has 0 atom stereocenters. The van der Waals surface area contributed by atoms with Crippen LogP contribution in [0.2, 0.25) is 0 Å². The van der Waals surface area contributed by atoms with Crippen LogP contribution in [0.25, 0.3) is 0 Å². The fourth-order valence-corrected chi connectivity index (χ4v) is 2.57. The molecule has 78 valence electrons. The Morgan fingerprint density at radius 3 is 1.69 bits per heavy atom. The van der Waals surface area contributed by atoms with Crippen molar-refractivity contribution in [2.45, 2.75) is 59.9 Å². The van der Waals surface area contributed by atoms with E-state index in [9.17, 15) is 0 Å². The summed E-state index contributed by atoms with van der Waals surface area (Å²) in [5.74, 6) is 0.864. The van der Waals surface area contributed by atoms with Crippen LogP contribution in [0.5, 0.6) is 0 Å². The molecule has 1 aliphatic rings. The van der Waals surface area contributed by atoms with E-state index in [0.29, 0.717) is 10.8 Å². The molecule has 0 unspecified atom stereocenters. The third-order valence-corrected chi connectivity index (χ3v) is 4.40. The Hall–Kier alpha value is -0.0400. The van der Waals surface area contributed by atoms with Crippen LogP contribution in [0.3, 0.4) is 0 Å². The summed E-state index contributed by atoms with van der Waals surface area (Å²) in [6, 6.07) is 0. The van der Waals surface area contributed by atoms with Crippen LogP contribution in [-0.4, -0.2) is 5.54 Å². The van der Waals surface area contributed by atoms with Crippen LogP contribution in [0.1, 0.15) is 54.4 Å². The summed E-state index contributed by atoms with van der Waals surface area (Å²) < 4.78 is 0. The quantitative estimate of drug-likeness (QED) is 0.714. The van der Waals surface area contributed by atoms with Crippen molar-refractivity contribution in [2.24, 2.45) is 22.5 Å². The number of nitrogens with two attached hydrogens (primary N) is 1. The highest BCUT2D eigenvalue weighted by Gasteiger charge is 2.63. The molecule has 1 saturated carbocycles. The normalized spacial score (nSPS) is 26.1. The van der Waals surface area contributed by atoms with E-state index in [1.165, 1.54) is 6.42 Å². The average Bonchev–Trinajstić information content (AvgIpc) is 2.19. The van der Waals surface area contributed by atoms with Crippen molar-refractivity contribution in [3.63, 3.8) is 0 Å². The van der Waals surface area contributed by atoms with E-state index in [-0.39, 0.29) is 5.54 Å². The SMILES string of the molecule is CC(C)(N)CCC1C(C)(C)C1(C)C. The predicted octanol–water partition coefficient (Wildman–Crippen LogP) is 3.19. The molecular formula is C12H25N. The first-order valence-electron chi connectivity index (χ1n) is 5.38. The molecule has 0 radical (unpaired) electrons. The van der Waals surface area contributed by atoms with Crippen LogP contribution in [0.4, 0.5) is 0 Å². The fraction of sp³-hybridized carbons (Fsp3) is 1.00. The summed E-state index contributed by atoms with van der Waals surface area (Å²) >= 11 is 0. The van der Waals surface area contributed by atoms with Crippen LogP contribution in [-0.2, 0) is 0 Å². The highest BCUT2D eigenvalue weighted by Crippen LogP contribution is 2.70. The Bertz CT molecular complexity index is 182. The summed E-state index contributed by atoms with van der Waals surface area (Å²) in [5.41, 5.74) is 7.05. The molecule has 13 heavy (non-hydrogen) atoms. The minimum absolute atomic E-state index is 0.00868. The Morgan fingerprint density at radius 1 is 1.08 bits per heavy atom. The molecule has 1 rings (SSSR count). The van der Waals surface area contributed by atoms with E-state index in [2.05, 4.69) is 41.5 Å². The van der Waals surface area contributed by atoms with Crippen molar-refractivity contribution in [3.05, 3.63) is 0 Å². The molecule has 1 fully saturated rings.